The Kier molecular flexibility index (Phi) is 3.95. The molecule has 3 nitrogen and oxygen atoms in total. The van der Waals surface area contributed by atoms with Crippen LogP contribution < -0.4 is 10.6 Å². The molecule has 0 aromatic heterocycles. The molecule has 0 bridgehead atoms. The second kappa shape index (κ2) is 5.33. The molecule has 1 aliphatic rings. The number of carbonyl (C=O) groups excluding carboxylic acids is 1. The van der Waals surface area contributed by atoms with Crippen LogP contribution in [0.4, 0.5) is 5.69 Å². The van der Waals surface area contributed by atoms with Gasteiger partial charge >= 0.3 is 0 Å². The van der Waals surface area contributed by atoms with Crippen molar-refractivity contribution in [3.05, 3.63) is 29.8 Å². The van der Waals surface area contributed by atoms with Gasteiger partial charge in [0.1, 0.15) is 0 Å². The van der Waals surface area contributed by atoms with E-state index in [0.717, 1.165) is 18.7 Å². The Morgan fingerprint density at radius 2 is 1.89 bits per heavy atom. The van der Waals surface area contributed by atoms with Crippen LogP contribution in [0.2, 0.25) is 0 Å². The monoisotopic (exact) mass is 260 g/mol. The van der Waals surface area contributed by atoms with Crippen molar-refractivity contribution >= 4 is 11.6 Å². The lowest BCUT2D eigenvalue weighted by molar-refractivity contribution is -0.117. The fourth-order valence-corrected chi connectivity index (χ4v) is 2.17. The van der Waals surface area contributed by atoms with Crippen LogP contribution >= 0.6 is 0 Å². The molecule has 1 aliphatic carbocycles. The summed E-state index contributed by atoms with van der Waals surface area (Å²) < 4.78 is 0. The van der Waals surface area contributed by atoms with E-state index in [2.05, 4.69) is 50.5 Å². The van der Waals surface area contributed by atoms with Crippen LogP contribution in [0.25, 0.3) is 0 Å². The Hall–Kier alpha value is -1.35. The highest BCUT2D eigenvalue weighted by molar-refractivity contribution is 5.94. The first-order valence-electron chi connectivity index (χ1n) is 7.02. The van der Waals surface area contributed by atoms with Crippen LogP contribution in [0.3, 0.4) is 0 Å². The molecule has 1 unspecified atom stereocenters. The van der Waals surface area contributed by atoms with Crippen LogP contribution in [0, 0.1) is 11.3 Å². The van der Waals surface area contributed by atoms with Gasteiger partial charge in [-0.05, 0) is 29.5 Å². The molecular weight excluding hydrogens is 236 g/mol. The van der Waals surface area contributed by atoms with Crippen molar-refractivity contribution < 1.29 is 4.79 Å². The quantitative estimate of drug-likeness (QED) is 0.853. The molecule has 2 N–H and O–H groups in total. The van der Waals surface area contributed by atoms with Crippen molar-refractivity contribution in [2.24, 2.45) is 11.3 Å². The minimum absolute atomic E-state index is 0.151. The van der Waals surface area contributed by atoms with E-state index in [-0.39, 0.29) is 17.2 Å². The molecule has 1 fully saturated rings. The van der Waals surface area contributed by atoms with Gasteiger partial charge in [-0.25, -0.2) is 0 Å². The standard InChI is InChI=1S/C16H24N2O/c1-11(2)17-10-12-5-7-13(8-6-12)18-15(19)14-9-16(14,3)4/h5-8,11,14,17H,9-10H2,1-4H3,(H,18,19). The second-order valence-corrected chi connectivity index (χ2v) is 6.47. The Labute approximate surface area is 115 Å². The van der Waals surface area contributed by atoms with E-state index in [9.17, 15) is 4.79 Å². The van der Waals surface area contributed by atoms with Gasteiger partial charge in [0.25, 0.3) is 0 Å². The molecule has 0 radical (unpaired) electrons. The fraction of sp³-hybridized carbons (Fsp3) is 0.562. The van der Waals surface area contributed by atoms with Gasteiger partial charge in [0.05, 0.1) is 0 Å². The van der Waals surface area contributed by atoms with Crippen LogP contribution in [0.5, 0.6) is 0 Å². The summed E-state index contributed by atoms with van der Waals surface area (Å²) in [4.78, 5) is 12.0. The smallest absolute Gasteiger partial charge is 0.228 e. The SMILES string of the molecule is CC(C)NCc1ccc(NC(=O)C2CC2(C)C)cc1. The van der Waals surface area contributed by atoms with E-state index >= 15 is 0 Å². The summed E-state index contributed by atoms with van der Waals surface area (Å²) in [5, 5.41) is 6.37. The van der Waals surface area contributed by atoms with Gasteiger partial charge in [0, 0.05) is 24.2 Å². The number of benzene rings is 1. The lowest BCUT2D eigenvalue weighted by atomic mass is 10.1. The summed E-state index contributed by atoms with van der Waals surface area (Å²) in [6.07, 6.45) is 0.995. The molecular formula is C16H24N2O. The molecule has 0 saturated heterocycles. The number of nitrogens with one attached hydrogen (secondary N) is 2. The normalized spacial score (nSPS) is 20.4. The number of hydrogen-bond acceptors (Lipinski definition) is 2. The first kappa shape index (κ1) is 14.1. The number of hydrogen-bond donors (Lipinski definition) is 2. The molecule has 19 heavy (non-hydrogen) atoms. The van der Waals surface area contributed by atoms with E-state index < -0.39 is 0 Å². The predicted octanol–water partition coefficient (Wildman–Crippen LogP) is 3.17. The molecule has 0 spiro atoms. The Balaban J connectivity index is 1.87. The molecule has 0 heterocycles. The highest BCUT2D eigenvalue weighted by atomic mass is 16.2. The first-order chi connectivity index (χ1) is 8.88. The molecule has 2 rings (SSSR count). The number of anilines is 1. The summed E-state index contributed by atoms with van der Waals surface area (Å²) in [6, 6.07) is 8.55. The molecule has 0 aliphatic heterocycles. The molecule has 1 amide bonds. The van der Waals surface area contributed by atoms with Crippen molar-refractivity contribution in [3.8, 4) is 0 Å². The van der Waals surface area contributed by atoms with Crippen LogP contribution in [-0.2, 0) is 11.3 Å². The molecule has 1 atom stereocenters. The van der Waals surface area contributed by atoms with Gasteiger partial charge in [0.15, 0.2) is 0 Å². The maximum atomic E-state index is 12.0. The van der Waals surface area contributed by atoms with Crippen molar-refractivity contribution in [1.82, 2.24) is 5.32 Å². The topological polar surface area (TPSA) is 41.1 Å². The third-order valence-electron chi connectivity index (χ3n) is 3.77. The van der Waals surface area contributed by atoms with Gasteiger partial charge in [-0.3, -0.25) is 4.79 Å². The predicted molar refractivity (Wildman–Crippen MR) is 78.9 cm³/mol. The van der Waals surface area contributed by atoms with Crippen LogP contribution in [0.1, 0.15) is 39.7 Å². The third kappa shape index (κ3) is 3.80. The maximum Gasteiger partial charge on any atom is 0.228 e. The number of carbonyl (C=O) groups is 1. The zero-order valence-electron chi connectivity index (χ0n) is 12.3. The van der Waals surface area contributed by atoms with Crippen molar-refractivity contribution in [2.45, 2.75) is 46.7 Å². The summed E-state index contributed by atoms with van der Waals surface area (Å²) in [6.45, 7) is 9.40. The van der Waals surface area contributed by atoms with Crippen molar-refractivity contribution in [3.63, 3.8) is 0 Å². The van der Waals surface area contributed by atoms with E-state index in [4.69, 9.17) is 0 Å². The largest absolute Gasteiger partial charge is 0.326 e. The molecule has 1 aromatic carbocycles. The number of amides is 1. The zero-order valence-corrected chi connectivity index (χ0v) is 12.3. The van der Waals surface area contributed by atoms with Crippen LogP contribution in [-0.4, -0.2) is 11.9 Å². The maximum absolute atomic E-state index is 12.0. The van der Waals surface area contributed by atoms with E-state index in [0.29, 0.717) is 6.04 Å². The van der Waals surface area contributed by atoms with Gasteiger partial charge in [0.2, 0.25) is 5.91 Å². The second-order valence-electron chi connectivity index (χ2n) is 6.47. The first-order valence-corrected chi connectivity index (χ1v) is 7.02. The Morgan fingerprint density at radius 3 is 2.37 bits per heavy atom. The van der Waals surface area contributed by atoms with Gasteiger partial charge in [-0.1, -0.05) is 39.8 Å². The summed E-state index contributed by atoms with van der Waals surface area (Å²) in [5.74, 6) is 0.327. The summed E-state index contributed by atoms with van der Waals surface area (Å²) in [5.41, 5.74) is 2.31. The minimum atomic E-state index is 0.151. The summed E-state index contributed by atoms with van der Waals surface area (Å²) in [7, 11) is 0. The average Bonchev–Trinajstić information content (AvgIpc) is 2.98. The summed E-state index contributed by atoms with van der Waals surface area (Å²) >= 11 is 0. The zero-order chi connectivity index (χ0) is 14.0. The van der Waals surface area contributed by atoms with E-state index in [1.165, 1.54) is 5.56 Å². The minimum Gasteiger partial charge on any atom is -0.326 e. The van der Waals surface area contributed by atoms with Crippen molar-refractivity contribution in [2.75, 3.05) is 5.32 Å². The highest BCUT2D eigenvalue weighted by Gasteiger charge is 2.50. The lowest BCUT2D eigenvalue weighted by Gasteiger charge is -2.10. The van der Waals surface area contributed by atoms with Crippen molar-refractivity contribution in [1.29, 1.82) is 0 Å². The molecule has 104 valence electrons. The van der Waals surface area contributed by atoms with E-state index in [1.54, 1.807) is 0 Å². The van der Waals surface area contributed by atoms with Gasteiger partial charge in [-0.2, -0.15) is 0 Å². The Bertz CT molecular complexity index is 448. The molecule has 1 saturated carbocycles. The van der Waals surface area contributed by atoms with Gasteiger partial charge in [-0.15, -0.1) is 0 Å². The van der Waals surface area contributed by atoms with Gasteiger partial charge < -0.3 is 10.6 Å². The highest BCUT2D eigenvalue weighted by Crippen LogP contribution is 2.51. The fourth-order valence-electron chi connectivity index (χ4n) is 2.17. The third-order valence-corrected chi connectivity index (χ3v) is 3.77. The molecule has 3 heteroatoms. The average molecular weight is 260 g/mol. The molecule has 1 aromatic rings. The lowest BCUT2D eigenvalue weighted by Crippen LogP contribution is -2.21. The Morgan fingerprint density at radius 1 is 1.32 bits per heavy atom. The number of rotatable bonds is 5. The van der Waals surface area contributed by atoms with Crippen LogP contribution in [0.15, 0.2) is 24.3 Å². The van der Waals surface area contributed by atoms with E-state index in [1.807, 2.05) is 12.1 Å².